The summed E-state index contributed by atoms with van der Waals surface area (Å²) in [6.07, 6.45) is 4.90. The molecule has 2 unspecified atom stereocenters. The van der Waals surface area contributed by atoms with Crippen LogP contribution in [0.4, 0.5) is 0 Å². The van der Waals surface area contributed by atoms with E-state index in [0.717, 1.165) is 22.0 Å². The Bertz CT molecular complexity index is 1140. The zero-order valence-corrected chi connectivity index (χ0v) is 17.2. The molecule has 2 heterocycles. The summed E-state index contributed by atoms with van der Waals surface area (Å²) >= 11 is 12.6. The standard InChI is InChI=1S/C21H19Cl2N5O/c1-13(28-12-24-11-27-28)21(29)26-10-17(15-7-6-14(22)8-19(15)23)18-9-25-20-5-3-2-4-16(18)20/h2-9,11-13,17,25H,10H2,1H3,(H,26,29). The van der Waals surface area contributed by atoms with Gasteiger partial charge in [0.05, 0.1) is 0 Å². The maximum absolute atomic E-state index is 12.7. The number of H-pyrrole nitrogens is 1. The molecule has 4 rings (SSSR count). The summed E-state index contributed by atoms with van der Waals surface area (Å²) in [6, 6.07) is 13.0. The predicted molar refractivity (Wildman–Crippen MR) is 114 cm³/mol. The van der Waals surface area contributed by atoms with Crippen LogP contribution >= 0.6 is 23.2 Å². The van der Waals surface area contributed by atoms with Gasteiger partial charge in [0.1, 0.15) is 18.7 Å². The smallest absolute Gasteiger partial charge is 0.244 e. The lowest BCUT2D eigenvalue weighted by atomic mass is 9.90. The number of hydrogen-bond acceptors (Lipinski definition) is 3. The zero-order chi connectivity index (χ0) is 20.4. The van der Waals surface area contributed by atoms with Crippen LogP contribution in [-0.4, -0.2) is 32.2 Å². The number of nitrogens with one attached hydrogen (secondary N) is 2. The van der Waals surface area contributed by atoms with Gasteiger partial charge in [0.25, 0.3) is 0 Å². The molecule has 0 fully saturated rings. The number of para-hydroxylation sites is 1. The van der Waals surface area contributed by atoms with Crippen molar-refractivity contribution >= 4 is 40.0 Å². The molecule has 0 spiro atoms. The number of hydrogen-bond donors (Lipinski definition) is 2. The van der Waals surface area contributed by atoms with Gasteiger partial charge in [0, 0.05) is 39.6 Å². The van der Waals surface area contributed by atoms with Crippen LogP contribution in [0.2, 0.25) is 10.0 Å². The van der Waals surface area contributed by atoms with E-state index in [1.807, 2.05) is 36.5 Å². The Labute approximate surface area is 177 Å². The number of nitrogens with zero attached hydrogens (tertiary/aromatic N) is 3. The SMILES string of the molecule is CC(C(=O)NCC(c1ccc(Cl)cc1Cl)c1c[nH]c2ccccc12)n1cncn1. The van der Waals surface area contributed by atoms with E-state index in [0.29, 0.717) is 16.6 Å². The highest BCUT2D eigenvalue weighted by Gasteiger charge is 2.23. The molecule has 0 aliphatic heterocycles. The Morgan fingerprint density at radius 3 is 2.79 bits per heavy atom. The van der Waals surface area contributed by atoms with Gasteiger partial charge in [0.2, 0.25) is 5.91 Å². The summed E-state index contributed by atoms with van der Waals surface area (Å²) < 4.78 is 1.52. The Kier molecular flexibility index (Phi) is 5.56. The van der Waals surface area contributed by atoms with Crippen molar-refractivity contribution in [2.45, 2.75) is 18.9 Å². The lowest BCUT2D eigenvalue weighted by Crippen LogP contribution is -2.34. The van der Waals surface area contributed by atoms with E-state index in [4.69, 9.17) is 23.2 Å². The lowest BCUT2D eigenvalue weighted by Gasteiger charge is -2.21. The number of aromatic amines is 1. The van der Waals surface area contributed by atoms with Crippen LogP contribution in [0, 0.1) is 0 Å². The van der Waals surface area contributed by atoms with Crippen LogP contribution in [-0.2, 0) is 4.79 Å². The van der Waals surface area contributed by atoms with E-state index in [1.54, 1.807) is 13.0 Å². The normalized spacial score (nSPS) is 13.3. The Hall–Kier alpha value is -2.83. The summed E-state index contributed by atoms with van der Waals surface area (Å²) in [5.74, 6) is -0.298. The Balaban J connectivity index is 1.66. The second kappa shape index (κ2) is 8.27. The lowest BCUT2D eigenvalue weighted by molar-refractivity contribution is -0.124. The highest BCUT2D eigenvalue weighted by atomic mass is 35.5. The Morgan fingerprint density at radius 1 is 1.21 bits per heavy atom. The van der Waals surface area contributed by atoms with Crippen molar-refractivity contribution in [2.24, 2.45) is 0 Å². The fourth-order valence-electron chi connectivity index (χ4n) is 3.44. The van der Waals surface area contributed by atoms with E-state index < -0.39 is 6.04 Å². The minimum atomic E-state index is -0.471. The fraction of sp³-hybridized carbons (Fsp3) is 0.190. The van der Waals surface area contributed by atoms with Crippen molar-refractivity contribution in [3.8, 4) is 0 Å². The molecular formula is C21H19Cl2N5O. The van der Waals surface area contributed by atoms with E-state index in [1.165, 1.54) is 17.3 Å². The first kappa shape index (κ1) is 19.5. The summed E-state index contributed by atoms with van der Waals surface area (Å²) in [7, 11) is 0. The van der Waals surface area contributed by atoms with Crippen LogP contribution in [0.1, 0.15) is 30.0 Å². The molecule has 8 heteroatoms. The number of carbonyl (C=O) groups excluding carboxylic acids is 1. The van der Waals surface area contributed by atoms with E-state index in [2.05, 4.69) is 26.4 Å². The number of amides is 1. The molecule has 0 bridgehead atoms. The molecule has 2 aromatic heterocycles. The number of aromatic nitrogens is 4. The summed E-state index contributed by atoms with van der Waals surface area (Å²) in [4.78, 5) is 19.9. The molecular weight excluding hydrogens is 409 g/mol. The topological polar surface area (TPSA) is 75.6 Å². The summed E-state index contributed by atoms with van der Waals surface area (Å²) in [5, 5.41) is 9.29. The van der Waals surface area contributed by atoms with Crippen LogP contribution in [0.15, 0.2) is 61.3 Å². The molecule has 0 saturated heterocycles. The van der Waals surface area contributed by atoms with Gasteiger partial charge in [-0.25, -0.2) is 9.67 Å². The molecule has 1 amide bonds. The molecule has 0 saturated carbocycles. The molecule has 4 aromatic rings. The highest BCUT2D eigenvalue weighted by molar-refractivity contribution is 6.35. The zero-order valence-electron chi connectivity index (χ0n) is 15.6. The largest absolute Gasteiger partial charge is 0.361 e. The van der Waals surface area contributed by atoms with Gasteiger partial charge in [-0.1, -0.05) is 47.5 Å². The number of halogens is 2. The average Bonchev–Trinajstić information content (AvgIpc) is 3.39. The van der Waals surface area contributed by atoms with E-state index >= 15 is 0 Å². The van der Waals surface area contributed by atoms with Crippen molar-refractivity contribution in [3.05, 3.63) is 82.5 Å². The highest BCUT2D eigenvalue weighted by Crippen LogP contribution is 2.35. The van der Waals surface area contributed by atoms with Crippen LogP contribution in [0.5, 0.6) is 0 Å². The number of benzene rings is 2. The molecule has 0 aliphatic carbocycles. The minimum Gasteiger partial charge on any atom is -0.361 e. The monoisotopic (exact) mass is 427 g/mol. The second-order valence-corrected chi connectivity index (χ2v) is 7.65. The van der Waals surface area contributed by atoms with Gasteiger partial charge in [-0.3, -0.25) is 4.79 Å². The second-order valence-electron chi connectivity index (χ2n) is 6.80. The first-order chi connectivity index (χ1) is 14.0. The van der Waals surface area contributed by atoms with Gasteiger partial charge in [0.15, 0.2) is 0 Å². The molecule has 2 atom stereocenters. The van der Waals surface area contributed by atoms with Crippen LogP contribution < -0.4 is 5.32 Å². The molecule has 148 valence electrons. The van der Waals surface area contributed by atoms with E-state index in [9.17, 15) is 4.79 Å². The number of rotatable bonds is 6. The average molecular weight is 428 g/mol. The summed E-state index contributed by atoms with van der Waals surface area (Å²) in [6.45, 7) is 2.15. The molecule has 0 radical (unpaired) electrons. The third kappa shape index (κ3) is 3.99. The number of carbonyl (C=O) groups is 1. The maximum atomic E-state index is 12.7. The van der Waals surface area contributed by atoms with E-state index in [-0.39, 0.29) is 11.8 Å². The fourth-order valence-corrected chi connectivity index (χ4v) is 3.98. The van der Waals surface area contributed by atoms with Gasteiger partial charge < -0.3 is 10.3 Å². The Morgan fingerprint density at radius 2 is 2.03 bits per heavy atom. The quantitative estimate of drug-likeness (QED) is 0.472. The first-order valence-electron chi connectivity index (χ1n) is 9.17. The third-order valence-corrected chi connectivity index (χ3v) is 5.59. The van der Waals surface area contributed by atoms with Crippen LogP contribution in [0.25, 0.3) is 10.9 Å². The van der Waals surface area contributed by atoms with Gasteiger partial charge in [-0.15, -0.1) is 0 Å². The summed E-state index contributed by atoms with van der Waals surface area (Å²) in [5.41, 5.74) is 2.98. The van der Waals surface area contributed by atoms with Gasteiger partial charge in [-0.05, 0) is 36.2 Å². The van der Waals surface area contributed by atoms with Crippen molar-refractivity contribution in [1.29, 1.82) is 0 Å². The predicted octanol–water partition coefficient (Wildman–Crippen LogP) is 4.58. The van der Waals surface area contributed by atoms with Crippen molar-refractivity contribution < 1.29 is 4.79 Å². The van der Waals surface area contributed by atoms with Crippen molar-refractivity contribution in [3.63, 3.8) is 0 Å². The molecule has 0 aliphatic rings. The van der Waals surface area contributed by atoms with Crippen LogP contribution in [0.3, 0.4) is 0 Å². The van der Waals surface area contributed by atoms with Gasteiger partial charge >= 0.3 is 0 Å². The maximum Gasteiger partial charge on any atom is 0.244 e. The van der Waals surface area contributed by atoms with Crippen molar-refractivity contribution in [1.82, 2.24) is 25.1 Å². The number of fused-ring (bicyclic) bond motifs is 1. The third-order valence-electron chi connectivity index (χ3n) is 5.03. The van der Waals surface area contributed by atoms with Gasteiger partial charge in [-0.2, -0.15) is 5.10 Å². The molecule has 2 N–H and O–H groups in total. The first-order valence-corrected chi connectivity index (χ1v) is 9.93. The minimum absolute atomic E-state index is 0.148. The molecule has 2 aromatic carbocycles. The van der Waals surface area contributed by atoms with Crippen molar-refractivity contribution in [2.75, 3.05) is 6.54 Å². The molecule has 6 nitrogen and oxygen atoms in total. The molecule has 29 heavy (non-hydrogen) atoms.